The van der Waals surface area contributed by atoms with E-state index < -0.39 is 24.3 Å². The second-order valence-corrected chi connectivity index (χ2v) is 3.71. The Morgan fingerprint density at radius 1 is 1.12 bits per heavy atom. The highest BCUT2D eigenvalue weighted by Crippen LogP contribution is 2.06. The van der Waals surface area contributed by atoms with Crippen molar-refractivity contribution in [3.05, 3.63) is 12.2 Å². The van der Waals surface area contributed by atoms with Crippen molar-refractivity contribution in [2.75, 3.05) is 6.79 Å². The van der Waals surface area contributed by atoms with E-state index in [2.05, 4.69) is 9.47 Å². The molecule has 0 aliphatic heterocycles. The highest BCUT2D eigenvalue weighted by atomic mass is 16.7. The third-order valence-electron chi connectivity index (χ3n) is 1.10. The Bertz CT molecular complexity index is 286. The van der Waals surface area contributed by atoms with Crippen molar-refractivity contribution < 1.29 is 28.6 Å². The number of hydrogen-bond acceptors (Lipinski definition) is 6. The molecule has 0 aromatic rings. The first kappa shape index (κ1) is 14.2. The van der Waals surface area contributed by atoms with Gasteiger partial charge in [0.05, 0.1) is 0 Å². The molecule has 0 atom stereocenters. The van der Waals surface area contributed by atoms with Crippen LogP contribution in [0.3, 0.4) is 0 Å². The molecule has 0 rings (SSSR count). The number of carbonyl (C=O) groups is 3. The fourth-order valence-corrected chi connectivity index (χ4v) is 0.640. The zero-order valence-electron chi connectivity index (χ0n) is 9.39. The first-order valence-corrected chi connectivity index (χ1v) is 4.48. The lowest BCUT2D eigenvalue weighted by Crippen LogP contribution is -2.22. The van der Waals surface area contributed by atoms with Crippen LogP contribution in [0.2, 0.25) is 0 Å². The molecule has 6 heteroatoms. The van der Waals surface area contributed by atoms with Crippen LogP contribution in [0.1, 0.15) is 20.8 Å². The first-order chi connectivity index (χ1) is 7.35. The third kappa shape index (κ3) is 8.74. The summed E-state index contributed by atoms with van der Waals surface area (Å²) in [4.78, 5) is 31.7. The Labute approximate surface area is 93.2 Å². The van der Waals surface area contributed by atoms with Gasteiger partial charge in [-0.25, -0.2) is 9.59 Å². The van der Waals surface area contributed by atoms with Crippen LogP contribution < -0.4 is 0 Å². The predicted octanol–water partition coefficient (Wildman–Crippen LogP) is 0.558. The van der Waals surface area contributed by atoms with E-state index in [9.17, 15) is 14.4 Å². The van der Waals surface area contributed by atoms with Crippen molar-refractivity contribution in [3.63, 3.8) is 0 Å². The monoisotopic (exact) mass is 230 g/mol. The molecule has 0 unspecified atom stereocenters. The van der Waals surface area contributed by atoms with Crippen molar-refractivity contribution in [2.24, 2.45) is 0 Å². The van der Waals surface area contributed by atoms with Crippen molar-refractivity contribution in [3.8, 4) is 0 Å². The Kier molecular flexibility index (Phi) is 5.84. The summed E-state index contributed by atoms with van der Waals surface area (Å²) in [6.07, 6.45) is 1.83. The molecular formula is C10H14O6. The molecule has 0 fully saturated rings. The van der Waals surface area contributed by atoms with E-state index >= 15 is 0 Å². The lowest BCUT2D eigenvalue weighted by molar-refractivity contribution is -0.156. The standard InChI is InChI=1S/C10H14O6/c1-10(2,3)16-9(13)5-4-8(12)15-7-14-6-11/h4-6H,7H2,1-3H3/b5-4+. The van der Waals surface area contributed by atoms with Gasteiger partial charge in [-0.05, 0) is 20.8 Å². The van der Waals surface area contributed by atoms with Crippen LogP contribution in [0.25, 0.3) is 0 Å². The van der Waals surface area contributed by atoms with E-state index in [1.165, 1.54) is 0 Å². The lowest BCUT2D eigenvalue weighted by Gasteiger charge is -2.17. The summed E-state index contributed by atoms with van der Waals surface area (Å²) >= 11 is 0. The van der Waals surface area contributed by atoms with Gasteiger partial charge in [-0.3, -0.25) is 4.79 Å². The Hall–Kier alpha value is -1.85. The summed E-state index contributed by atoms with van der Waals surface area (Å²) < 4.78 is 13.4. The zero-order chi connectivity index (χ0) is 12.6. The van der Waals surface area contributed by atoms with E-state index in [0.717, 1.165) is 12.2 Å². The quantitative estimate of drug-likeness (QED) is 0.226. The van der Waals surface area contributed by atoms with Crippen LogP contribution in [-0.2, 0) is 28.6 Å². The molecule has 0 spiro atoms. The van der Waals surface area contributed by atoms with Crippen molar-refractivity contribution in [2.45, 2.75) is 26.4 Å². The first-order valence-electron chi connectivity index (χ1n) is 4.48. The second kappa shape index (κ2) is 6.60. The average Bonchev–Trinajstić information content (AvgIpc) is 2.12. The number of esters is 2. The Morgan fingerprint density at radius 3 is 2.19 bits per heavy atom. The molecule has 90 valence electrons. The average molecular weight is 230 g/mol. The fraction of sp³-hybridized carbons (Fsp3) is 0.500. The number of hydrogen-bond donors (Lipinski definition) is 0. The zero-order valence-corrected chi connectivity index (χ0v) is 9.39. The summed E-state index contributed by atoms with van der Waals surface area (Å²) in [7, 11) is 0. The minimum absolute atomic E-state index is 0.144. The molecule has 6 nitrogen and oxygen atoms in total. The van der Waals surface area contributed by atoms with Crippen molar-refractivity contribution in [1.29, 1.82) is 0 Å². The molecule has 0 saturated heterocycles. The van der Waals surface area contributed by atoms with Crippen LogP contribution in [0, 0.1) is 0 Å². The molecule has 0 aromatic carbocycles. The second-order valence-electron chi connectivity index (χ2n) is 3.71. The van der Waals surface area contributed by atoms with Crippen molar-refractivity contribution in [1.82, 2.24) is 0 Å². The largest absolute Gasteiger partial charge is 0.457 e. The highest BCUT2D eigenvalue weighted by molar-refractivity contribution is 5.91. The van der Waals surface area contributed by atoms with Gasteiger partial charge in [0.2, 0.25) is 6.79 Å². The smallest absolute Gasteiger partial charge is 0.333 e. The maximum Gasteiger partial charge on any atom is 0.333 e. The lowest BCUT2D eigenvalue weighted by atomic mass is 10.2. The normalized spacial score (nSPS) is 10.9. The van der Waals surface area contributed by atoms with E-state index in [1.54, 1.807) is 20.8 Å². The molecule has 0 amide bonds. The Balaban J connectivity index is 3.94. The highest BCUT2D eigenvalue weighted by Gasteiger charge is 2.14. The van der Waals surface area contributed by atoms with Gasteiger partial charge in [-0.15, -0.1) is 0 Å². The summed E-state index contributed by atoms with van der Waals surface area (Å²) in [5.41, 5.74) is -0.619. The van der Waals surface area contributed by atoms with Gasteiger partial charge in [0.25, 0.3) is 6.47 Å². The SMILES string of the molecule is CC(C)(C)OC(=O)/C=C/C(=O)OCOC=O. The molecule has 16 heavy (non-hydrogen) atoms. The van der Waals surface area contributed by atoms with Gasteiger partial charge in [0.1, 0.15) is 5.60 Å². The molecule has 0 bridgehead atoms. The van der Waals surface area contributed by atoms with Crippen molar-refractivity contribution >= 4 is 18.4 Å². The minimum atomic E-state index is -0.798. The van der Waals surface area contributed by atoms with Gasteiger partial charge < -0.3 is 14.2 Å². The molecule has 0 aliphatic rings. The van der Waals surface area contributed by atoms with Crippen LogP contribution in [0.5, 0.6) is 0 Å². The van der Waals surface area contributed by atoms with Crippen LogP contribution >= 0.6 is 0 Å². The Morgan fingerprint density at radius 2 is 1.69 bits per heavy atom. The van der Waals surface area contributed by atoms with Crippen LogP contribution in [0.15, 0.2) is 12.2 Å². The van der Waals surface area contributed by atoms with Gasteiger partial charge in [-0.2, -0.15) is 0 Å². The summed E-state index contributed by atoms with van der Waals surface area (Å²) in [6, 6.07) is 0. The van der Waals surface area contributed by atoms with E-state index in [4.69, 9.17) is 4.74 Å². The van der Waals surface area contributed by atoms with Crippen LogP contribution in [0.4, 0.5) is 0 Å². The molecular weight excluding hydrogens is 216 g/mol. The van der Waals surface area contributed by atoms with E-state index in [1.807, 2.05) is 0 Å². The summed E-state index contributed by atoms with van der Waals surface area (Å²) in [5, 5.41) is 0. The third-order valence-corrected chi connectivity index (χ3v) is 1.10. The maximum atomic E-state index is 11.1. The van der Waals surface area contributed by atoms with E-state index in [-0.39, 0.29) is 6.47 Å². The summed E-state index contributed by atoms with van der Waals surface area (Å²) in [6.45, 7) is 4.77. The van der Waals surface area contributed by atoms with E-state index in [0.29, 0.717) is 0 Å². The molecule has 0 aromatic heterocycles. The molecule has 0 saturated carbocycles. The number of ether oxygens (including phenoxy) is 3. The van der Waals surface area contributed by atoms with Gasteiger partial charge in [0.15, 0.2) is 0 Å². The summed E-state index contributed by atoms with van der Waals surface area (Å²) in [5.74, 6) is -1.45. The van der Waals surface area contributed by atoms with Gasteiger partial charge >= 0.3 is 11.9 Å². The maximum absolute atomic E-state index is 11.1. The van der Waals surface area contributed by atoms with Gasteiger partial charge in [-0.1, -0.05) is 0 Å². The molecule has 0 heterocycles. The number of carbonyl (C=O) groups excluding carboxylic acids is 3. The van der Waals surface area contributed by atoms with Crippen LogP contribution in [-0.4, -0.2) is 30.8 Å². The predicted molar refractivity (Wildman–Crippen MR) is 53.1 cm³/mol. The topological polar surface area (TPSA) is 78.9 Å². The van der Waals surface area contributed by atoms with Gasteiger partial charge in [0, 0.05) is 12.2 Å². The fourth-order valence-electron chi connectivity index (χ4n) is 0.640. The molecule has 0 aliphatic carbocycles. The molecule has 0 radical (unpaired) electrons. The number of rotatable bonds is 5. The minimum Gasteiger partial charge on any atom is -0.457 e. The molecule has 0 N–H and O–H groups in total.